The Morgan fingerprint density at radius 2 is 1.26 bits per heavy atom. The zero-order chi connectivity index (χ0) is 28.1. The van der Waals surface area contributed by atoms with E-state index in [0.717, 1.165) is 5.56 Å². The standard InChI is InChI=1S/C29H35NO8/c1-29(2,3)38-28(33)30-15-16-37-25-14-10-21(18-27(25)36-6)8-12-23(32)19-22(31)11-7-20-9-13-24(34-4)26(17-20)35-5/h7-14,17-18H,15-16,19H2,1-6H3,(H,30,33)/b11-7+,12-8+. The molecule has 0 bridgehead atoms. The summed E-state index contributed by atoms with van der Waals surface area (Å²) >= 11 is 0. The summed E-state index contributed by atoms with van der Waals surface area (Å²) in [6.07, 6.45) is 5.15. The summed E-state index contributed by atoms with van der Waals surface area (Å²) in [7, 11) is 4.58. The summed E-state index contributed by atoms with van der Waals surface area (Å²) in [5.41, 5.74) is 0.867. The third kappa shape index (κ3) is 10.4. The highest BCUT2D eigenvalue weighted by atomic mass is 16.6. The maximum Gasteiger partial charge on any atom is 0.407 e. The van der Waals surface area contributed by atoms with E-state index in [1.54, 1.807) is 76.4 Å². The number of hydrogen-bond acceptors (Lipinski definition) is 8. The number of hydrogen-bond donors (Lipinski definition) is 1. The summed E-state index contributed by atoms with van der Waals surface area (Å²) in [5.74, 6) is 1.42. The van der Waals surface area contributed by atoms with E-state index in [-0.39, 0.29) is 31.1 Å². The van der Waals surface area contributed by atoms with Crippen LogP contribution in [-0.2, 0) is 14.3 Å². The van der Waals surface area contributed by atoms with Crippen LogP contribution in [0.15, 0.2) is 48.6 Å². The smallest absolute Gasteiger partial charge is 0.407 e. The number of carbonyl (C=O) groups is 3. The van der Waals surface area contributed by atoms with Crippen molar-refractivity contribution < 1.29 is 38.1 Å². The average Bonchev–Trinajstić information content (AvgIpc) is 2.87. The van der Waals surface area contributed by atoms with Crippen LogP contribution in [0.5, 0.6) is 23.0 Å². The highest BCUT2D eigenvalue weighted by Crippen LogP contribution is 2.29. The van der Waals surface area contributed by atoms with Gasteiger partial charge in [0.1, 0.15) is 12.2 Å². The van der Waals surface area contributed by atoms with Gasteiger partial charge >= 0.3 is 6.09 Å². The molecule has 2 rings (SSSR count). The van der Waals surface area contributed by atoms with Crippen molar-refractivity contribution in [2.75, 3.05) is 34.5 Å². The molecule has 9 nitrogen and oxygen atoms in total. The summed E-state index contributed by atoms with van der Waals surface area (Å²) in [6.45, 7) is 5.82. The Labute approximate surface area is 223 Å². The number of ether oxygens (including phenoxy) is 5. The fraction of sp³-hybridized carbons (Fsp3) is 0.345. The monoisotopic (exact) mass is 525 g/mol. The second-order valence-electron chi connectivity index (χ2n) is 9.08. The first-order valence-electron chi connectivity index (χ1n) is 12.0. The first-order valence-corrected chi connectivity index (χ1v) is 12.0. The molecule has 0 aliphatic rings. The number of methoxy groups -OCH3 is 3. The minimum Gasteiger partial charge on any atom is -0.493 e. The Bertz CT molecular complexity index is 1180. The van der Waals surface area contributed by atoms with Gasteiger partial charge in [-0.25, -0.2) is 4.79 Å². The van der Waals surface area contributed by atoms with Gasteiger partial charge in [0, 0.05) is 0 Å². The fourth-order valence-electron chi connectivity index (χ4n) is 3.16. The van der Waals surface area contributed by atoms with Crippen molar-refractivity contribution in [1.29, 1.82) is 0 Å². The van der Waals surface area contributed by atoms with Crippen LogP contribution in [0.2, 0.25) is 0 Å². The predicted octanol–water partition coefficient (Wildman–Crippen LogP) is 4.87. The van der Waals surface area contributed by atoms with Gasteiger partial charge in [-0.1, -0.05) is 24.3 Å². The predicted molar refractivity (Wildman–Crippen MR) is 145 cm³/mol. The number of allylic oxidation sites excluding steroid dienone is 2. The molecule has 0 saturated heterocycles. The van der Waals surface area contributed by atoms with Crippen LogP contribution in [0.3, 0.4) is 0 Å². The molecule has 0 saturated carbocycles. The van der Waals surface area contributed by atoms with Crippen molar-refractivity contribution >= 4 is 29.8 Å². The van der Waals surface area contributed by atoms with Crippen molar-refractivity contribution in [2.24, 2.45) is 0 Å². The molecule has 0 aliphatic carbocycles. The van der Waals surface area contributed by atoms with Crippen LogP contribution in [0.4, 0.5) is 4.79 Å². The van der Waals surface area contributed by atoms with Crippen molar-refractivity contribution in [1.82, 2.24) is 5.32 Å². The van der Waals surface area contributed by atoms with Gasteiger partial charge in [-0.3, -0.25) is 9.59 Å². The van der Waals surface area contributed by atoms with Gasteiger partial charge < -0.3 is 29.0 Å². The van der Waals surface area contributed by atoms with E-state index in [1.807, 2.05) is 0 Å². The number of ketones is 2. The number of amides is 1. The van der Waals surface area contributed by atoms with Crippen LogP contribution < -0.4 is 24.3 Å². The first kappa shape index (κ1) is 30.0. The molecule has 2 aromatic carbocycles. The number of carbonyl (C=O) groups excluding carboxylic acids is 3. The summed E-state index contributed by atoms with van der Waals surface area (Å²) < 4.78 is 26.7. The Balaban J connectivity index is 1.88. The number of alkyl carbamates (subject to hydrolysis) is 1. The van der Waals surface area contributed by atoms with Crippen molar-refractivity contribution in [3.05, 3.63) is 59.7 Å². The maximum absolute atomic E-state index is 12.3. The quantitative estimate of drug-likeness (QED) is 0.224. The molecule has 204 valence electrons. The van der Waals surface area contributed by atoms with Gasteiger partial charge in [-0.15, -0.1) is 0 Å². The molecule has 1 amide bonds. The van der Waals surface area contributed by atoms with E-state index in [2.05, 4.69) is 5.32 Å². The van der Waals surface area contributed by atoms with Gasteiger partial charge in [-0.05, 0) is 68.3 Å². The van der Waals surface area contributed by atoms with Crippen molar-refractivity contribution in [3.8, 4) is 23.0 Å². The normalized spacial score (nSPS) is 11.3. The zero-order valence-corrected chi connectivity index (χ0v) is 22.7. The second-order valence-corrected chi connectivity index (χ2v) is 9.08. The lowest BCUT2D eigenvalue weighted by Crippen LogP contribution is -2.34. The maximum atomic E-state index is 12.3. The first-order chi connectivity index (χ1) is 18.0. The van der Waals surface area contributed by atoms with Gasteiger partial charge in [-0.2, -0.15) is 0 Å². The number of nitrogens with one attached hydrogen (secondary N) is 1. The SMILES string of the molecule is COc1ccc(/C=C/C(=O)CC(=O)/C=C/c2ccc(OCCNC(=O)OC(C)(C)C)c(OC)c2)cc1OC. The molecular weight excluding hydrogens is 490 g/mol. The van der Waals surface area contributed by atoms with Crippen molar-refractivity contribution in [2.45, 2.75) is 32.8 Å². The second kappa shape index (κ2) is 14.5. The van der Waals surface area contributed by atoms with E-state index in [9.17, 15) is 14.4 Å². The third-order valence-electron chi connectivity index (χ3n) is 4.89. The van der Waals surface area contributed by atoms with Gasteiger partial charge in [0.05, 0.1) is 34.3 Å². The molecular formula is C29H35NO8. The highest BCUT2D eigenvalue weighted by molar-refractivity contribution is 6.10. The Hall–Kier alpha value is -4.27. The van der Waals surface area contributed by atoms with Crippen LogP contribution in [0.1, 0.15) is 38.3 Å². The van der Waals surface area contributed by atoms with Crippen LogP contribution in [-0.4, -0.2) is 57.7 Å². The summed E-state index contributed by atoms with van der Waals surface area (Å²) in [4.78, 5) is 36.2. The van der Waals surface area contributed by atoms with E-state index in [4.69, 9.17) is 23.7 Å². The fourth-order valence-corrected chi connectivity index (χ4v) is 3.16. The molecule has 1 N–H and O–H groups in total. The van der Waals surface area contributed by atoms with E-state index in [1.165, 1.54) is 26.4 Å². The van der Waals surface area contributed by atoms with Crippen LogP contribution in [0, 0.1) is 0 Å². The Kier molecular flexibility index (Phi) is 11.4. The average molecular weight is 526 g/mol. The lowest BCUT2D eigenvalue weighted by Gasteiger charge is -2.19. The highest BCUT2D eigenvalue weighted by Gasteiger charge is 2.15. The molecule has 0 unspecified atom stereocenters. The molecule has 0 spiro atoms. The largest absolute Gasteiger partial charge is 0.493 e. The molecule has 0 heterocycles. The third-order valence-corrected chi connectivity index (χ3v) is 4.89. The minimum absolute atomic E-state index is 0.211. The summed E-state index contributed by atoms with van der Waals surface area (Å²) in [5, 5.41) is 2.62. The topological polar surface area (TPSA) is 109 Å². The van der Waals surface area contributed by atoms with Gasteiger partial charge in [0.2, 0.25) is 0 Å². The summed E-state index contributed by atoms with van der Waals surface area (Å²) in [6, 6.07) is 10.4. The molecule has 38 heavy (non-hydrogen) atoms. The van der Waals surface area contributed by atoms with Gasteiger partial charge in [0.15, 0.2) is 34.6 Å². The van der Waals surface area contributed by atoms with E-state index in [0.29, 0.717) is 28.6 Å². The molecule has 9 heteroatoms. The lowest BCUT2D eigenvalue weighted by atomic mass is 10.1. The minimum atomic E-state index is -0.575. The number of rotatable bonds is 13. The molecule has 0 aromatic heterocycles. The lowest BCUT2D eigenvalue weighted by molar-refractivity contribution is -0.121. The van der Waals surface area contributed by atoms with Crippen LogP contribution in [0.25, 0.3) is 12.2 Å². The Morgan fingerprint density at radius 3 is 1.76 bits per heavy atom. The molecule has 0 aliphatic heterocycles. The molecule has 0 radical (unpaired) electrons. The molecule has 0 fully saturated rings. The Morgan fingerprint density at radius 1 is 0.763 bits per heavy atom. The van der Waals surface area contributed by atoms with Gasteiger partial charge in [0.25, 0.3) is 0 Å². The molecule has 2 aromatic rings. The number of benzene rings is 2. The van der Waals surface area contributed by atoms with Crippen LogP contribution >= 0.6 is 0 Å². The van der Waals surface area contributed by atoms with E-state index < -0.39 is 11.7 Å². The van der Waals surface area contributed by atoms with Crippen molar-refractivity contribution in [3.63, 3.8) is 0 Å². The zero-order valence-electron chi connectivity index (χ0n) is 22.7. The molecule has 0 atom stereocenters. The van der Waals surface area contributed by atoms with E-state index >= 15 is 0 Å².